The van der Waals surface area contributed by atoms with Gasteiger partial charge >= 0.3 is 0 Å². The van der Waals surface area contributed by atoms with E-state index in [-0.39, 0.29) is 30.4 Å². The zero-order chi connectivity index (χ0) is 46.7. The molecule has 8 rings (SSSR count). The van der Waals surface area contributed by atoms with E-state index in [0.29, 0.717) is 65.0 Å². The number of rotatable bonds is 15. The number of carbonyl (C=O) groups is 2. The third kappa shape index (κ3) is 10.5. The Balaban J connectivity index is 0.878. The number of hydrogen-bond acceptors (Lipinski definition) is 12. The monoisotopic (exact) mass is 927 g/mol. The number of amides is 2. The van der Waals surface area contributed by atoms with Crippen LogP contribution < -0.4 is 30.9 Å². The van der Waals surface area contributed by atoms with Crippen LogP contribution in [0.15, 0.2) is 65.6 Å². The first-order chi connectivity index (χ1) is 31.7. The fraction of sp³-hybridized carbons (Fsp3) is 0.490. The summed E-state index contributed by atoms with van der Waals surface area (Å²) in [5.74, 6) is -1.73. The molecule has 13 nitrogen and oxygen atoms in total. The number of nitrogens with zero attached hydrogens (tertiary/aromatic N) is 6. The van der Waals surface area contributed by atoms with Gasteiger partial charge in [0.25, 0.3) is 0 Å². The summed E-state index contributed by atoms with van der Waals surface area (Å²) in [6.07, 6.45) is 5.83. The number of piperidine rings is 2. The van der Waals surface area contributed by atoms with Crippen LogP contribution in [0.2, 0.25) is 0 Å². The lowest BCUT2D eigenvalue weighted by atomic mass is 9.82. The van der Waals surface area contributed by atoms with Gasteiger partial charge in [0.1, 0.15) is 36.2 Å². The first-order valence-electron chi connectivity index (χ1n) is 23.3. The SMILES string of the molecule is CCOc1cc(N2CCC(N3CCN(CCC4=CC(F)=C([C@H]5CCC(=O)NC5=O)C(F)C4)CC3)CC2)c(CC)cc1Nc1nccc(Nc2cc(F)c3nc(CC)ccc3c2P(C)(C)=O)n1. The van der Waals surface area contributed by atoms with Crippen LogP contribution in [-0.2, 0) is 27.0 Å². The number of allylic oxidation sites excluding steroid dienone is 2. The number of benzene rings is 2. The van der Waals surface area contributed by atoms with E-state index in [1.807, 2.05) is 19.9 Å². The molecule has 1 aliphatic carbocycles. The van der Waals surface area contributed by atoms with Crippen molar-refractivity contribution in [2.24, 2.45) is 5.92 Å². The Morgan fingerprint density at radius 2 is 1.68 bits per heavy atom. The van der Waals surface area contributed by atoms with Crippen molar-refractivity contribution in [3.63, 3.8) is 0 Å². The molecule has 4 aliphatic rings. The lowest BCUT2D eigenvalue weighted by molar-refractivity contribution is -0.135. The van der Waals surface area contributed by atoms with Crippen LogP contribution in [0, 0.1) is 11.7 Å². The minimum Gasteiger partial charge on any atom is -0.492 e. The largest absolute Gasteiger partial charge is 0.492 e. The second kappa shape index (κ2) is 20.3. The summed E-state index contributed by atoms with van der Waals surface area (Å²) in [6.45, 7) is 16.0. The Morgan fingerprint density at radius 1 is 0.909 bits per heavy atom. The molecule has 3 N–H and O–H groups in total. The minimum atomic E-state index is -2.90. The first kappa shape index (κ1) is 47.2. The lowest BCUT2D eigenvalue weighted by Gasteiger charge is -2.43. The Bertz CT molecular complexity index is 2590. The van der Waals surface area contributed by atoms with Gasteiger partial charge in [0.2, 0.25) is 17.8 Å². The van der Waals surface area contributed by atoms with Gasteiger partial charge in [-0.2, -0.15) is 4.98 Å². The molecule has 0 radical (unpaired) electrons. The van der Waals surface area contributed by atoms with Gasteiger partial charge in [-0.25, -0.2) is 23.1 Å². The van der Waals surface area contributed by atoms with Crippen LogP contribution in [0.1, 0.15) is 70.6 Å². The Kier molecular flexibility index (Phi) is 14.5. The molecular weight excluding hydrogens is 867 g/mol. The third-order valence-electron chi connectivity index (χ3n) is 13.4. The van der Waals surface area contributed by atoms with Crippen molar-refractivity contribution in [2.75, 3.05) is 81.3 Å². The smallest absolute Gasteiger partial charge is 0.233 e. The van der Waals surface area contributed by atoms with Crippen LogP contribution in [0.25, 0.3) is 10.9 Å². The summed E-state index contributed by atoms with van der Waals surface area (Å²) in [4.78, 5) is 45.0. The quantitative estimate of drug-likeness (QED) is 0.0779. The number of halogens is 3. The van der Waals surface area contributed by atoms with E-state index in [1.54, 1.807) is 31.7 Å². The maximum atomic E-state index is 15.5. The second-order valence-electron chi connectivity index (χ2n) is 18.1. The number of fused-ring (bicyclic) bond motifs is 1. The van der Waals surface area contributed by atoms with E-state index >= 15 is 13.2 Å². The van der Waals surface area contributed by atoms with E-state index in [9.17, 15) is 14.2 Å². The molecule has 2 aromatic heterocycles. The van der Waals surface area contributed by atoms with Crippen molar-refractivity contribution >= 4 is 64.0 Å². The summed E-state index contributed by atoms with van der Waals surface area (Å²) in [5, 5.41) is 9.84. The van der Waals surface area contributed by atoms with E-state index in [4.69, 9.17) is 9.72 Å². The molecule has 352 valence electrons. The minimum absolute atomic E-state index is 0.0746. The highest BCUT2D eigenvalue weighted by Gasteiger charge is 2.38. The number of hydrogen-bond donors (Lipinski definition) is 3. The Labute approximate surface area is 385 Å². The predicted molar refractivity (Wildman–Crippen MR) is 255 cm³/mol. The molecule has 2 amide bonds. The molecule has 2 aromatic carbocycles. The highest BCUT2D eigenvalue weighted by atomic mass is 31.2. The van der Waals surface area contributed by atoms with Crippen LogP contribution in [0.4, 0.5) is 42.0 Å². The van der Waals surface area contributed by atoms with Crippen LogP contribution in [0.5, 0.6) is 5.75 Å². The number of ether oxygens (including phenoxy) is 1. The summed E-state index contributed by atoms with van der Waals surface area (Å²) in [6, 6.07) is 11.3. The molecule has 3 fully saturated rings. The van der Waals surface area contributed by atoms with Crippen molar-refractivity contribution in [1.82, 2.24) is 30.1 Å². The molecule has 1 unspecified atom stereocenters. The summed E-state index contributed by atoms with van der Waals surface area (Å²) >= 11 is 0. The number of imide groups is 1. The number of aromatic nitrogens is 3. The van der Waals surface area contributed by atoms with Gasteiger partial charge in [-0.15, -0.1) is 0 Å². The highest BCUT2D eigenvalue weighted by molar-refractivity contribution is 7.71. The normalized spacial score (nSPS) is 20.4. The zero-order valence-corrected chi connectivity index (χ0v) is 39.5. The summed E-state index contributed by atoms with van der Waals surface area (Å²) < 4.78 is 65.8. The van der Waals surface area contributed by atoms with Crippen molar-refractivity contribution < 1.29 is 32.1 Å². The van der Waals surface area contributed by atoms with Gasteiger partial charge in [0.05, 0.1) is 23.9 Å². The molecule has 0 bridgehead atoms. The van der Waals surface area contributed by atoms with Gasteiger partial charge < -0.3 is 29.7 Å². The maximum Gasteiger partial charge on any atom is 0.233 e. The predicted octanol–water partition coefficient (Wildman–Crippen LogP) is 8.34. The average Bonchev–Trinajstić information content (AvgIpc) is 3.29. The topological polar surface area (TPSA) is 145 Å². The number of anilines is 5. The van der Waals surface area contributed by atoms with Crippen LogP contribution in [0.3, 0.4) is 0 Å². The summed E-state index contributed by atoms with van der Waals surface area (Å²) in [7, 11) is -2.90. The molecule has 5 heterocycles. The van der Waals surface area contributed by atoms with Gasteiger partial charge in [-0.05, 0) is 88.6 Å². The molecule has 3 aliphatic heterocycles. The zero-order valence-electron chi connectivity index (χ0n) is 38.6. The molecule has 0 saturated carbocycles. The van der Waals surface area contributed by atoms with Gasteiger partial charge in [0, 0.05) is 111 Å². The number of alkyl halides is 1. The molecule has 4 aromatic rings. The molecule has 66 heavy (non-hydrogen) atoms. The molecule has 2 atom stereocenters. The van der Waals surface area contributed by atoms with Crippen LogP contribution >= 0.6 is 7.14 Å². The first-order valence-corrected chi connectivity index (χ1v) is 26.0. The molecule has 0 spiro atoms. The number of pyridine rings is 1. The van der Waals surface area contributed by atoms with E-state index < -0.39 is 42.7 Å². The second-order valence-corrected chi connectivity index (χ2v) is 21.2. The standard InChI is InChI=1S/C49H61F3N9O4P/c1-6-31-27-39(56-49-53-17-13-43(57-49)55-40-28-38(52)46-35(47(40)66(4,5)64)10-9-32(7-2)54-46)42(65-8-3)29-41(31)61-19-15-33(16-20-61)60-23-21-59(22-24-60)18-14-30-25-36(50)45(37(51)26-30)34-11-12-44(62)58-48(34)63/h9-10,13,17,25,27-29,33-34,37H,6-8,11-12,14-16,18-24,26H2,1-5H3,(H,58,62,63)(H2,53,55,56,57)/t34-,37?/m1/s1. The van der Waals surface area contributed by atoms with Gasteiger partial charge in [-0.3, -0.25) is 19.8 Å². The Hall–Kier alpha value is -5.31. The van der Waals surface area contributed by atoms with Crippen LogP contribution in [-0.4, -0.2) is 115 Å². The van der Waals surface area contributed by atoms with E-state index in [1.165, 1.54) is 12.1 Å². The van der Waals surface area contributed by atoms with Crippen molar-refractivity contribution in [3.8, 4) is 5.75 Å². The molecule has 3 saturated heterocycles. The van der Waals surface area contributed by atoms with Gasteiger partial charge in [0.15, 0.2) is 5.82 Å². The highest BCUT2D eigenvalue weighted by Crippen LogP contribution is 2.43. The molecule has 17 heteroatoms. The molecular formula is C49H61F3N9O4P. The average molecular weight is 928 g/mol. The van der Waals surface area contributed by atoms with Crippen molar-refractivity contribution in [2.45, 2.75) is 84.4 Å². The third-order valence-corrected chi connectivity index (χ3v) is 14.9. The number of nitrogens with one attached hydrogen (secondary N) is 3. The fourth-order valence-electron chi connectivity index (χ4n) is 9.95. The maximum absolute atomic E-state index is 15.5. The lowest BCUT2D eigenvalue weighted by Crippen LogP contribution is -2.53. The Morgan fingerprint density at radius 3 is 2.36 bits per heavy atom. The van der Waals surface area contributed by atoms with E-state index in [0.717, 1.165) is 87.7 Å². The van der Waals surface area contributed by atoms with E-state index in [2.05, 4.69) is 59.7 Å². The number of piperazine rings is 1. The van der Waals surface area contributed by atoms with Crippen molar-refractivity contribution in [1.29, 1.82) is 0 Å². The number of aryl methyl sites for hydroxylation is 2. The fourth-order valence-corrected chi connectivity index (χ4v) is 11.4. The summed E-state index contributed by atoms with van der Waals surface area (Å²) in [5.41, 5.74) is 4.95. The van der Waals surface area contributed by atoms with Crippen molar-refractivity contribution in [3.05, 3.63) is 82.7 Å². The number of carbonyl (C=O) groups excluding carboxylic acids is 2. The van der Waals surface area contributed by atoms with Gasteiger partial charge in [-0.1, -0.05) is 25.5 Å².